The molecule has 0 aliphatic heterocycles. The van der Waals surface area contributed by atoms with Gasteiger partial charge < -0.3 is 19.8 Å². The van der Waals surface area contributed by atoms with Crippen LogP contribution in [0.2, 0.25) is 0 Å². The summed E-state index contributed by atoms with van der Waals surface area (Å²) < 4.78 is 52.2. The van der Waals surface area contributed by atoms with E-state index in [4.69, 9.17) is 9.47 Å². The molecule has 1 saturated carbocycles. The summed E-state index contributed by atoms with van der Waals surface area (Å²) in [6, 6.07) is 7.77. The number of hydrogen-bond donors (Lipinski definition) is 2. The molecular formula is C23H23F3N2O3. The highest BCUT2D eigenvalue weighted by Crippen LogP contribution is 2.46. The minimum absolute atomic E-state index is 0.0656. The Balaban J connectivity index is 1.58. The van der Waals surface area contributed by atoms with E-state index in [2.05, 4.69) is 10.3 Å². The fourth-order valence-electron chi connectivity index (χ4n) is 4.08. The standard InChI is InChI=1S/C23H23F3N2O3/c1-12(11-30-2)27-23(29)31-17-7-14(8-17)20-18-9-16(25)10-19(26)22(18)28-21(20)13-3-5-15(24)6-4-13/h3-6,9-10,12,14,17,28H,7-8,11H2,1-2H3,(H,27,29)/t12-,14-,17-/m0/s1. The molecule has 0 saturated heterocycles. The molecule has 4 rings (SSSR count). The molecule has 3 aromatic rings. The highest BCUT2D eigenvalue weighted by molar-refractivity contribution is 5.92. The number of carbonyl (C=O) groups is 1. The molecule has 2 N–H and O–H groups in total. The zero-order valence-corrected chi connectivity index (χ0v) is 17.2. The summed E-state index contributed by atoms with van der Waals surface area (Å²) in [5, 5.41) is 3.13. The molecule has 0 spiro atoms. The average Bonchev–Trinajstić information content (AvgIpc) is 3.04. The molecule has 2 aromatic carbocycles. The Hall–Kier alpha value is -3.00. The number of carbonyl (C=O) groups excluding carboxylic acids is 1. The van der Waals surface area contributed by atoms with Crippen molar-refractivity contribution < 1.29 is 27.4 Å². The van der Waals surface area contributed by atoms with Gasteiger partial charge in [-0.15, -0.1) is 0 Å². The quantitative estimate of drug-likeness (QED) is 0.559. The molecule has 0 radical (unpaired) electrons. The predicted octanol–water partition coefficient (Wildman–Crippen LogP) is 5.26. The SMILES string of the molecule is COC[C@H](C)NC(=O)O[C@H]1C[C@H](c2c(-c3ccc(F)cc3)[nH]c3c(F)cc(F)cc32)C1. The van der Waals surface area contributed by atoms with Gasteiger partial charge in [-0.25, -0.2) is 18.0 Å². The van der Waals surface area contributed by atoms with E-state index in [0.717, 1.165) is 11.6 Å². The topological polar surface area (TPSA) is 63.4 Å². The predicted molar refractivity (Wildman–Crippen MR) is 110 cm³/mol. The third kappa shape index (κ3) is 4.39. The van der Waals surface area contributed by atoms with E-state index >= 15 is 0 Å². The van der Waals surface area contributed by atoms with E-state index in [0.29, 0.717) is 36.1 Å². The lowest BCUT2D eigenvalue weighted by molar-refractivity contribution is 0.0361. The number of fused-ring (bicyclic) bond motifs is 1. The van der Waals surface area contributed by atoms with E-state index in [1.807, 2.05) is 0 Å². The maximum atomic E-state index is 14.4. The highest BCUT2D eigenvalue weighted by Gasteiger charge is 2.37. The lowest BCUT2D eigenvalue weighted by atomic mass is 9.75. The molecule has 31 heavy (non-hydrogen) atoms. The second-order valence-corrected chi connectivity index (χ2v) is 7.93. The first-order valence-corrected chi connectivity index (χ1v) is 10.1. The van der Waals surface area contributed by atoms with Crippen molar-refractivity contribution in [1.82, 2.24) is 10.3 Å². The third-order valence-corrected chi connectivity index (χ3v) is 5.56. The number of aromatic nitrogens is 1. The van der Waals surface area contributed by atoms with Gasteiger partial charge in [-0.05, 0) is 67.1 Å². The van der Waals surface area contributed by atoms with Crippen molar-refractivity contribution >= 4 is 17.0 Å². The smallest absolute Gasteiger partial charge is 0.407 e. The summed E-state index contributed by atoms with van der Waals surface area (Å²) >= 11 is 0. The van der Waals surface area contributed by atoms with Crippen molar-refractivity contribution in [3.05, 3.63) is 59.4 Å². The number of halogens is 3. The highest BCUT2D eigenvalue weighted by atomic mass is 19.1. The van der Waals surface area contributed by atoms with Crippen LogP contribution in [0.15, 0.2) is 36.4 Å². The fraction of sp³-hybridized carbons (Fsp3) is 0.348. The molecule has 0 unspecified atom stereocenters. The number of hydrogen-bond acceptors (Lipinski definition) is 3. The van der Waals surface area contributed by atoms with Crippen molar-refractivity contribution in [2.24, 2.45) is 0 Å². The van der Waals surface area contributed by atoms with Crippen molar-refractivity contribution in [3.8, 4) is 11.3 Å². The Bertz CT molecular complexity index is 1090. The van der Waals surface area contributed by atoms with Crippen LogP contribution in [0.3, 0.4) is 0 Å². The van der Waals surface area contributed by atoms with Gasteiger partial charge in [0.05, 0.1) is 23.9 Å². The Morgan fingerprint density at radius 1 is 1.16 bits per heavy atom. The molecule has 1 aliphatic carbocycles. The van der Waals surface area contributed by atoms with Gasteiger partial charge >= 0.3 is 6.09 Å². The van der Waals surface area contributed by atoms with Crippen molar-refractivity contribution in [2.45, 2.75) is 37.8 Å². The van der Waals surface area contributed by atoms with Gasteiger partial charge in [0.15, 0.2) is 0 Å². The van der Waals surface area contributed by atoms with Crippen LogP contribution in [-0.4, -0.2) is 36.9 Å². The molecule has 1 fully saturated rings. The summed E-state index contributed by atoms with van der Waals surface area (Å²) in [5.41, 5.74) is 2.23. The Kier molecular flexibility index (Phi) is 5.91. The number of nitrogens with one attached hydrogen (secondary N) is 2. The lowest BCUT2D eigenvalue weighted by Gasteiger charge is -2.35. The molecule has 1 aliphatic rings. The maximum absolute atomic E-state index is 14.4. The van der Waals surface area contributed by atoms with Gasteiger partial charge in [-0.1, -0.05) is 0 Å². The zero-order chi connectivity index (χ0) is 22.1. The van der Waals surface area contributed by atoms with E-state index in [9.17, 15) is 18.0 Å². The molecular weight excluding hydrogens is 409 g/mol. The first-order chi connectivity index (χ1) is 14.9. The van der Waals surface area contributed by atoms with Gasteiger partial charge in [0.1, 0.15) is 23.6 Å². The van der Waals surface area contributed by atoms with Crippen molar-refractivity contribution in [3.63, 3.8) is 0 Å². The molecule has 1 amide bonds. The number of aromatic amines is 1. The van der Waals surface area contributed by atoms with Crippen molar-refractivity contribution in [1.29, 1.82) is 0 Å². The molecule has 1 heterocycles. The largest absolute Gasteiger partial charge is 0.446 e. The molecule has 8 heteroatoms. The van der Waals surface area contributed by atoms with E-state index in [-0.39, 0.29) is 29.4 Å². The van der Waals surface area contributed by atoms with Gasteiger partial charge in [0.2, 0.25) is 0 Å². The number of amides is 1. The van der Waals surface area contributed by atoms with Crippen LogP contribution in [-0.2, 0) is 9.47 Å². The third-order valence-electron chi connectivity index (χ3n) is 5.56. The minimum Gasteiger partial charge on any atom is -0.446 e. The van der Waals surface area contributed by atoms with Crippen LogP contribution in [0.4, 0.5) is 18.0 Å². The molecule has 1 atom stereocenters. The van der Waals surface area contributed by atoms with E-state index < -0.39 is 17.7 Å². The number of H-pyrrole nitrogens is 1. The summed E-state index contributed by atoms with van der Waals surface area (Å²) in [6.07, 6.45) is 0.212. The maximum Gasteiger partial charge on any atom is 0.407 e. The van der Waals surface area contributed by atoms with Crippen LogP contribution in [0.25, 0.3) is 22.2 Å². The van der Waals surface area contributed by atoms with Gasteiger partial charge in [-0.3, -0.25) is 0 Å². The second-order valence-electron chi connectivity index (χ2n) is 7.93. The van der Waals surface area contributed by atoms with Gasteiger partial charge in [-0.2, -0.15) is 0 Å². The number of alkyl carbamates (subject to hydrolysis) is 1. The average molecular weight is 432 g/mol. The second kappa shape index (κ2) is 8.63. The van der Waals surface area contributed by atoms with Crippen LogP contribution in [0.5, 0.6) is 0 Å². The van der Waals surface area contributed by atoms with Gasteiger partial charge in [0.25, 0.3) is 0 Å². The summed E-state index contributed by atoms with van der Waals surface area (Å²) in [4.78, 5) is 15.1. The first kappa shape index (κ1) is 21.2. The van der Waals surface area contributed by atoms with Gasteiger partial charge in [0, 0.05) is 18.6 Å². The van der Waals surface area contributed by atoms with Crippen LogP contribution in [0, 0.1) is 17.5 Å². The Labute approximate surface area is 177 Å². The van der Waals surface area contributed by atoms with Crippen molar-refractivity contribution in [2.75, 3.05) is 13.7 Å². The Morgan fingerprint density at radius 2 is 1.87 bits per heavy atom. The summed E-state index contributed by atoms with van der Waals surface area (Å²) in [7, 11) is 1.55. The number of ether oxygens (including phenoxy) is 2. The molecule has 1 aromatic heterocycles. The van der Waals surface area contributed by atoms with E-state index in [1.54, 1.807) is 26.2 Å². The summed E-state index contributed by atoms with van der Waals surface area (Å²) in [5.74, 6) is -1.81. The van der Waals surface area contributed by atoms with Crippen LogP contribution in [0.1, 0.15) is 31.2 Å². The number of benzene rings is 2. The Morgan fingerprint density at radius 3 is 2.55 bits per heavy atom. The minimum atomic E-state index is -0.691. The first-order valence-electron chi connectivity index (χ1n) is 10.1. The monoisotopic (exact) mass is 432 g/mol. The zero-order valence-electron chi connectivity index (χ0n) is 17.2. The lowest BCUT2D eigenvalue weighted by Crippen LogP contribution is -2.40. The number of methoxy groups -OCH3 is 1. The summed E-state index contributed by atoms with van der Waals surface area (Å²) in [6.45, 7) is 2.17. The molecule has 0 bridgehead atoms. The van der Waals surface area contributed by atoms with Crippen LogP contribution < -0.4 is 5.32 Å². The molecule has 164 valence electrons. The number of rotatable bonds is 6. The fourth-order valence-corrected chi connectivity index (χ4v) is 4.08. The normalized spacial score (nSPS) is 19.1. The van der Waals surface area contributed by atoms with E-state index in [1.165, 1.54) is 18.2 Å². The van der Waals surface area contributed by atoms with Crippen LogP contribution >= 0.6 is 0 Å². The molecule has 5 nitrogen and oxygen atoms in total.